The summed E-state index contributed by atoms with van der Waals surface area (Å²) in [5.74, 6) is 6.22. The Hall–Kier alpha value is -0.810. The van der Waals surface area contributed by atoms with Crippen LogP contribution in [0.15, 0.2) is 0 Å². The third kappa shape index (κ3) is 3.39. The largest absolute Gasteiger partial charge is 0.378 e. The van der Waals surface area contributed by atoms with Gasteiger partial charge in [0.25, 0.3) is 0 Å². The number of hydrogen-bond donors (Lipinski definition) is 1. The van der Waals surface area contributed by atoms with Crippen molar-refractivity contribution in [3.63, 3.8) is 0 Å². The second-order valence-electron chi connectivity index (χ2n) is 6.99. The molecule has 0 bridgehead atoms. The highest BCUT2D eigenvalue weighted by atomic mass is 16.3. The van der Waals surface area contributed by atoms with E-state index in [9.17, 15) is 9.90 Å². The number of carbonyl (C=O) groups is 1. The Kier molecular flexibility index (Phi) is 4.85. The van der Waals surface area contributed by atoms with Gasteiger partial charge in [0.05, 0.1) is 0 Å². The van der Waals surface area contributed by atoms with Gasteiger partial charge in [-0.05, 0) is 43.4 Å². The van der Waals surface area contributed by atoms with E-state index in [0.717, 1.165) is 32.0 Å². The van der Waals surface area contributed by atoms with Crippen LogP contribution in [0.1, 0.15) is 66.7 Å². The molecule has 108 valence electrons. The molecule has 19 heavy (non-hydrogen) atoms. The molecular weight excluding hydrogens is 236 g/mol. The van der Waals surface area contributed by atoms with Gasteiger partial charge in [-0.2, -0.15) is 0 Å². The summed E-state index contributed by atoms with van der Waals surface area (Å²) in [4.78, 5) is 11.1. The van der Waals surface area contributed by atoms with Crippen molar-refractivity contribution in [2.24, 2.45) is 16.7 Å². The molecule has 1 aliphatic carbocycles. The van der Waals surface area contributed by atoms with E-state index in [1.807, 2.05) is 6.92 Å². The fourth-order valence-electron chi connectivity index (χ4n) is 2.97. The first-order valence-electron chi connectivity index (χ1n) is 7.36. The fraction of sp³-hybridized carbons (Fsp3) is 0.824. The summed E-state index contributed by atoms with van der Waals surface area (Å²) in [5.41, 5.74) is -0.646. The zero-order valence-corrected chi connectivity index (χ0v) is 13.0. The molecule has 1 unspecified atom stereocenters. The van der Waals surface area contributed by atoms with Crippen LogP contribution in [0.5, 0.6) is 0 Å². The maximum Gasteiger partial charge on any atom is 0.123 e. The minimum atomic E-state index is -0.864. The van der Waals surface area contributed by atoms with Crippen LogP contribution in [0.4, 0.5) is 0 Å². The predicted octanol–water partition coefficient (Wildman–Crippen LogP) is 3.57. The Labute approximate surface area is 118 Å². The highest BCUT2D eigenvalue weighted by molar-refractivity contribution is 5.56. The summed E-state index contributed by atoms with van der Waals surface area (Å²) < 4.78 is 0. The first kappa shape index (κ1) is 16.2. The average molecular weight is 264 g/mol. The number of aliphatic hydroxyl groups is 1. The Balaban J connectivity index is 2.65. The smallest absolute Gasteiger partial charge is 0.123 e. The molecular formula is C17H28O2. The zero-order valence-electron chi connectivity index (χ0n) is 13.0. The molecule has 0 radical (unpaired) electrons. The van der Waals surface area contributed by atoms with Crippen LogP contribution in [0.2, 0.25) is 0 Å². The van der Waals surface area contributed by atoms with E-state index in [1.165, 1.54) is 0 Å². The molecule has 2 heteroatoms. The van der Waals surface area contributed by atoms with E-state index < -0.39 is 5.60 Å². The van der Waals surface area contributed by atoms with E-state index >= 15 is 0 Å². The average Bonchev–Trinajstić information content (AvgIpc) is 2.57. The second-order valence-corrected chi connectivity index (χ2v) is 6.99. The lowest BCUT2D eigenvalue weighted by Gasteiger charge is -2.40. The van der Waals surface area contributed by atoms with Crippen molar-refractivity contribution in [3.05, 3.63) is 0 Å². The normalized spacial score (nSPS) is 32.2. The van der Waals surface area contributed by atoms with Crippen molar-refractivity contribution in [2.45, 2.75) is 72.3 Å². The highest BCUT2D eigenvalue weighted by Crippen LogP contribution is 2.57. The first-order valence-corrected chi connectivity index (χ1v) is 7.36. The molecule has 1 fully saturated rings. The quantitative estimate of drug-likeness (QED) is 0.622. The molecule has 3 atom stereocenters. The van der Waals surface area contributed by atoms with E-state index in [0.29, 0.717) is 6.42 Å². The molecule has 0 amide bonds. The van der Waals surface area contributed by atoms with Crippen LogP contribution in [0, 0.1) is 28.6 Å². The van der Waals surface area contributed by atoms with Gasteiger partial charge in [-0.3, -0.25) is 0 Å². The maximum absolute atomic E-state index is 11.1. The van der Waals surface area contributed by atoms with Crippen molar-refractivity contribution in [1.82, 2.24) is 0 Å². The molecule has 0 aromatic carbocycles. The SMILES string of the molecule is CCC(C)(O)C#CCC[C@@]1(C)CC[C@@H](C=O)C1(C)C. The van der Waals surface area contributed by atoms with E-state index in [2.05, 4.69) is 32.6 Å². The summed E-state index contributed by atoms with van der Waals surface area (Å²) in [6, 6.07) is 0. The van der Waals surface area contributed by atoms with Crippen molar-refractivity contribution in [3.8, 4) is 11.8 Å². The van der Waals surface area contributed by atoms with Crippen molar-refractivity contribution >= 4 is 6.29 Å². The topological polar surface area (TPSA) is 37.3 Å². The molecule has 0 aromatic heterocycles. The molecule has 0 spiro atoms. The van der Waals surface area contributed by atoms with Crippen LogP contribution >= 0.6 is 0 Å². The molecule has 1 N–H and O–H groups in total. The Morgan fingerprint density at radius 1 is 1.42 bits per heavy atom. The van der Waals surface area contributed by atoms with Crippen LogP contribution in [0.3, 0.4) is 0 Å². The monoisotopic (exact) mass is 264 g/mol. The zero-order chi connectivity index (χ0) is 14.7. The van der Waals surface area contributed by atoms with Gasteiger partial charge in [0.15, 0.2) is 0 Å². The third-order valence-electron chi connectivity index (χ3n) is 5.50. The molecule has 0 aliphatic heterocycles. The molecule has 0 saturated heterocycles. The van der Waals surface area contributed by atoms with Crippen LogP contribution in [0.25, 0.3) is 0 Å². The molecule has 0 aromatic rings. The summed E-state index contributed by atoms with van der Waals surface area (Å²) in [5, 5.41) is 9.84. The summed E-state index contributed by atoms with van der Waals surface area (Å²) >= 11 is 0. The Bertz CT molecular complexity index is 384. The van der Waals surface area contributed by atoms with E-state index in [-0.39, 0.29) is 16.7 Å². The van der Waals surface area contributed by atoms with Gasteiger partial charge in [-0.25, -0.2) is 0 Å². The molecule has 1 rings (SSSR count). The van der Waals surface area contributed by atoms with Gasteiger partial charge < -0.3 is 9.90 Å². The Morgan fingerprint density at radius 3 is 2.53 bits per heavy atom. The van der Waals surface area contributed by atoms with Crippen molar-refractivity contribution in [2.75, 3.05) is 0 Å². The minimum absolute atomic E-state index is 0.0453. The molecule has 0 heterocycles. The van der Waals surface area contributed by atoms with Crippen LogP contribution in [-0.2, 0) is 4.79 Å². The highest BCUT2D eigenvalue weighted by Gasteiger charge is 2.50. The van der Waals surface area contributed by atoms with Gasteiger partial charge in [0, 0.05) is 12.3 Å². The lowest BCUT2D eigenvalue weighted by molar-refractivity contribution is -0.114. The van der Waals surface area contributed by atoms with Gasteiger partial charge in [-0.1, -0.05) is 33.6 Å². The van der Waals surface area contributed by atoms with Gasteiger partial charge >= 0.3 is 0 Å². The number of aldehydes is 1. The first-order chi connectivity index (χ1) is 8.68. The molecule has 1 saturated carbocycles. The lowest BCUT2D eigenvalue weighted by Crippen LogP contribution is -2.34. The van der Waals surface area contributed by atoms with Gasteiger partial charge in [0.1, 0.15) is 11.9 Å². The van der Waals surface area contributed by atoms with Gasteiger partial charge in [-0.15, -0.1) is 5.92 Å². The van der Waals surface area contributed by atoms with Crippen LogP contribution in [-0.4, -0.2) is 17.0 Å². The van der Waals surface area contributed by atoms with Crippen LogP contribution < -0.4 is 0 Å². The predicted molar refractivity (Wildman–Crippen MR) is 78.6 cm³/mol. The number of carbonyl (C=O) groups excluding carboxylic acids is 1. The number of rotatable bonds is 4. The molecule has 1 aliphatic rings. The van der Waals surface area contributed by atoms with E-state index in [1.54, 1.807) is 6.92 Å². The second kappa shape index (κ2) is 5.67. The van der Waals surface area contributed by atoms with Gasteiger partial charge in [0.2, 0.25) is 0 Å². The standard InChI is InChI=1S/C17H28O2/c1-6-17(5,19)11-8-7-10-16(4)12-9-14(13-18)15(16,2)3/h13-14,19H,6-7,9-10,12H2,1-5H3/t14-,16-,17?/m0/s1. The van der Waals surface area contributed by atoms with E-state index in [4.69, 9.17) is 0 Å². The fourth-order valence-corrected chi connectivity index (χ4v) is 2.97. The molecule has 2 nitrogen and oxygen atoms in total. The lowest BCUT2D eigenvalue weighted by atomic mass is 9.64. The summed E-state index contributed by atoms with van der Waals surface area (Å²) in [7, 11) is 0. The summed E-state index contributed by atoms with van der Waals surface area (Å²) in [6.45, 7) is 10.4. The Morgan fingerprint density at radius 2 is 2.05 bits per heavy atom. The summed E-state index contributed by atoms with van der Waals surface area (Å²) in [6.07, 6.45) is 5.65. The minimum Gasteiger partial charge on any atom is -0.378 e. The third-order valence-corrected chi connectivity index (χ3v) is 5.50. The number of hydrogen-bond acceptors (Lipinski definition) is 2. The van der Waals surface area contributed by atoms with Crippen molar-refractivity contribution < 1.29 is 9.90 Å². The van der Waals surface area contributed by atoms with Crippen molar-refractivity contribution in [1.29, 1.82) is 0 Å². The maximum atomic E-state index is 11.1.